The second kappa shape index (κ2) is 46.4. The number of hydrogen-bond acceptors (Lipinski definition) is 0. The van der Waals surface area contributed by atoms with E-state index in [1.807, 2.05) is 48.5 Å². The third-order valence-corrected chi connectivity index (χ3v) is 20.8. The maximum absolute atomic E-state index is 2.26. The molecule has 596 valence electrons. The number of benzene rings is 19. The largest absolute Gasteiger partial charge is 0.0622 e. The Morgan fingerprint density at radius 2 is 0.270 bits per heavy atom. The van der Waals surface area contributed by atoms with Crippen molar-refractivity contribution in [2.24, 2.45) is 0 Å². The van der Waals surface area contributed by atoms with Crippen molar-refractivity contribution in [2.75, 3.05) is 0 Å². The van der Waals surface area contributed by atoms with Gasteiger partial charge in [0.15, 0.2) is 0 Å². The molecule has 0 amide bonds. The summed E-state index contributed by atoms with van der Waals surface area (Å²) in [6, 6.07) is 179. The van der Waals surface area contributed by atoms with Crippen LogP contribution >= 0.6 is 0 Å². The van der Waals surface area contributed by atoms with Gasteiger partial charge in [0, 0.05) is 0 Å². The fraction of sp³-hybridized carbons (Fsp3) is 0.0656. The first-order chi connectivity index (χ1) is 59.8. The first-order valence-corrected chi connectivity index (χ1v) is 42.1. The van der Waals surface area contributed by atoms with Crippen molar-refractivity contribution in [3.8, 4) is 122 Å². The molecule has 0 N–H and O–H groups in total. The van der Waals surface area contributed by atoms with Crippen molar-refractivity contribution in [2.45, 2.75) is 55.4 Å². The predicted octanol–water partition coefficient (Wildman–Crippen LogP) is 34.3. The van der Waals surface area contributed by atoms with Gasteiger partial charge in [0.2, 0.25) is 0 Å². The van der Waals surface area contributed by atoms with Gasteiger partial charge < -0.3 is 0 Å². The number of rotatable bonds is 11. The standard InChI is InChI=1S/4C19H16.3C13H12.C7H8/c1-15-12-18(16-8-4-2-5-9-16)14-19(13-15)17-10-6-3-7-11-17;1-15-7-5-10-17(13-15)19-12-6-11-18(14-19)16-8-3-2-4-9-16;1-15-8-7-11-17(14-15)19-13-6-5-12-18(19)16-9-3-2-4-10-16;1-15-7-9-17(10-8-15)19-13-11-18(12-14-19)16-5-3-2-4-6-16;1-11-7-5-6-10-13(11)12-8-3-2-4-9-12;1-11-6-5-9-13(10-11)12-7-3-2-4-8-12;1-11-7-9-13(10-8-11)12-5-3-2-4-6-12;1-7-5-3-2-4-6-7/h4*2-14H,1H3;3*2-10H,1H3;2-6H,1H3. The molecule has 0 unspecified atom stereocenters. The summed E-state index contributed by atoms with van der Waals surface area (Å²) in [4.78, 5) is 0. The third-order valence-electron chi connectivity index (χ3n) is 20.8. The molecule has 0 saturated heterocycles. The zero-order valence-corrected chi connectivity index (χ0v) is 71.5. The lowest BCUT2D eigenvalue weighted by Crippen LogP contribution is -1.85. The van der Waals surface area contributed by atoms with Gasteiger partial charge in [0.05, 0.1) is 0 Å². The lowest BCUT2D eigenvalue weighted by molar-refractivity contribution is 1.46. The smallest absolute Gasteiger partial charge is 0.0105 e. The maximum atomic E-state index is 2.26. The summed E-state index contributed by atoms with van der Waals surface area (Å²) >= 11 is 0. The first kappa shape index (κ1) is 86.5. The summed E-state index contributed by atoms with van der Waals surface area (Å²) in [7, 11) is 0. The van der Waals surface area contributed by atoms with E-state index in [0.717, 1.165) is 0 Å². The Labute approximate surface area is 726 Å². The summed E-state index contributed by atoms with van der Waals surface area (Å²) in [5.41, 5.74) is 38.5. The van der Waals surface area contributed by atoms with E-state index in [-0.39, 0.29) is 0 Å². The molecule has 19 rings (SSSR count). The van der Waals surface area contributed by atoms with Gasteiger partial charge >= 0.3 is 0 Å². The van der Waals surface area contributed by atoms with Crippen LogP contribution in [0.15, 0.2) is 510 Å². The highest BCUT2D eigenvalue weighted by atomic mass is 14.1. The summed E-state index contributed by atoms with van der Waals surface area (Å²) in [6.45, 7) is 17.0. The molecule has 0 nitrogen and oxygen atoms in total. The molecule has 0 bridgehead atoms. The average Bonchev–Trinajstić information content (AvgIpc) is 0.821. The lowest BCUT2D eigenvalue weighted by atomic mass is 9.94. The minimum absolute atomic E-state index is 1.26. The molecule has 0 heteroatoms. The molecule has 0 aromatic heterocycles. The number of aryl methyl sites for hydroxylation is 8. The molecule has 0 radical (unpaired) electrons. The van der Waals surface area contributed by atoms with Gasteiger partial charge in [-0.1, -0.05) is 531 Å². The zero-order valence-electron chi connectivity index (χ0n) is 71.5. The molecule has 0 atom stereocenters. The fourth-order valence-corrected chi connectivity index (χ4v) is 14.2. The predicted molar refractivity (Wildman–Crippen MR) is 529 cm³/mol. The highest BCUT2D eigenvalue weighted by Gasteiger charge is 2.09. The first-order valence-electron chi connectivity index (χ1n) is 42.1. The second-order valence-corrected chi connectivity index (χ2v) is 30.5. The monoisotopic (exact) mass is 1570 g/mol. The SMILES string of the molecule is Cc1cc(-c2ccccc2)cc(-c2ccccc2)c1.Cc1ccc(-c2ccc(-c3ccccc3)cc2)cc1.Cc1ccc(-c2ccccc2)cc1.Cc1cccc(-c2cccc(-c3ccccc3)c2)c1.Cc1cccc(-c2ccccc2)c1.Cc1cccc(-c2ccccc2-c2ccccc2)c1.Cc1ccccc1.Cc1ccccc1-c1ccccc1. The summed E-state index contributed by atoms with van der Waals surface area (Å²) in [6.07, 6.45) is 0. The van der Waals surface area contributed by atoms with Crippen LogP contribution in [0.1, 0.15) is 44.5 Å². The van der Waals surface area contributed by atoms with Crippen molar-refractivity contribution in [3.63, 3.8) is 0 Å². The molecule has 19 aromatic carbocycles. The van der Waals surface area contributed by atoms with Gasteiger partial charge in [-0.25, -0.2) is 0 Å². The quantitative estimate of drug-likeness (QED) is 0.121. The summed E-state index contributed by atoms with van der Waals surface area (Å²) in [5.74, 6) is 0. The van der Waals surface area contributed by atoms with Gasteiger partial charge in [0.25, 0.3) is 0 Å². The van der Waals surface area contributed by atoms with E-state index in [9.17, 15) is 0 Å². The Morgan fingerprint density at radius 1 is 0.0902 bits per heavy atom. The molecular formula is C122H108. The Hall–Kier alpha value is -14.8. The van der Waals surface area contributed by atoms with Gasteiger partial charge in [-0.05, 0) is 201 Å². The van der Waals surface area contributed by atoms with Gasteiger partial charge in [-0.3, -0.25) is 0 Å². The summed E-state index contributed by atoms with van der Waals surface area (Å²) < 4.78 is 0. The molecule has 122 heavy (non-hydrogen) atoms. The Bertz CT molecular complexity index is 6170. The molecule has 0 fully saturated rings. The van der Waals surface area contributed by atoms with E-state index in [4.69, 9.17) is 0 Å². The molecule has 0 heterocycles. The van der Waals surface area contributed by atoms with Crippen LogP contribution in [0.3, 0.4) is 0 Å². The van der Waals surface area contributed by atoms with E-state index < -0.39 is 0 Å². The van der Waals surface area contributed by atoms with Crippen LogP contribution in [0.5, 0.6) is 0 Å². The van der Waals surface area contributed by atoms with Crippen LogP contribution < -0.4 is 0 Å². The molecule has 0 spiro atoms. The normalized spacial score (nSPS) is 10.1. The van der Waals surface area contributed by atoms with Crippen LogP contribution in [0.4, 0.5) is 0 Å². The van der Waals surface area contributed by atoms with Crippen LogP contribution in [0.25, 0.3) is 122 Å². The number of hydrogen-bond donors (Lipinski definition) is 0. The van der Waals surface area contributed by atoms with Crippen molar-refractivity contribution >= 4 is 0 Å². The molecule has 0 aliphatic carbocycles. The van der Waals surface area contributed by atoms with Crippen molar-refractivity contribution in [1.82, 2.24) is 0 Å². The Balaban J connectivity index is 0.000000129. The highest BCUT2D eigenvalue weighted by molar-refractivity contribution is 5.84. The van der Waals surface area contributed by atoms with E-state index >= 15 is 0 Å². The summed E-state index contributed by atoms with van der Waals surface area (Å²) in [5, 5.41) is 0. The maximum Gasteiger partial charge on any atom is -0.0105 e. The highest BCUT2D eigenvalue weighted by Crippen LogP contribution is 2.35. The Kier molecular flexibility index (Phi) is 32.9. The average molecular weight is 1570 g/mol. The van der Waals surface area contributed by atoms with E-state index in [0.29, 0.717) is 0 Å². The van der Waals surface area contributed by atoms with Crippen molar-refractivity contribution in [1.29, 1.82) is 0 Å². The fourth-order valence-electron chi connectivity index (χ4n) is 14.2. The van der Waals surface area contributed by atoms with E-state index in [1.165, 1.54) is 167 Å². The molecule has 0 saturated carbocycles. The minimum atomic E-state index is 1.26. The topological polar surface area (TPSA) is 0 Å². The van der Waals surface area contributed by atoms with Gasteiger partial charge in [0.1, 0.15) is 0 Å². The van der Waals surface area contributed by atoms with E-state index in [2.05, 4.69) is 516 Å². The molecule has 19 aromatic rings. The second-order valence-electron chi connectivity index (χ2n) is 30.5. The third kappa shape index (κ3) is 27.1. The molecular weight excluding hydrogens is 1470 g/mol. The van der Waals surface area contributed by atoms with Gasteiger partial charge in [-0.15, -0.1) is 0 Å². The van der Waals surface area contributed by atoms with Gasteiger partial charge in [-0.2, -0.15) is 0 Å². The van der Waals surface area contributed by atoms with Crippen LogP contribution in [0.2, 0.25) is 0 Å². The molecule has 0 aliphatic heterocycles. The molecule has 0 aliphatic rings. The van der Waals surface area contributed by atoms with Crippen molar-refractivity contribution < 1.29 is 0 Å². The van der Waals surface area contributed by atoms with Crippen molar-refractivity contribution in [3.05, 3.63) is 554 Å². The van der Waals surface area contributed by atoms with Crippen LogP contribution in [0, 0.1) is 55.4 Å². The lowest BCUT2D eigenvalue weighted by Gasteiger charge is -2.10. The van der Waals surface area contributed by atoms with Crippen LogP contribution in [-0.4, -0.2) is 0 Å². The minimum Gasteiger partial charge on any atom is -0.0622 e. The Morgan fingerprint density at radius 3 is 0.598 bits per heavy atom. The zero-order chi connectivity index (χ0) is 84.7. The van der Waals surface area contributed by atoms with E-state index in [1.54, 1.807) is 0 Å². The van der Waals surface area contributed by atoms with Crippen LogP contribution in [-0.2, 0) is 0 Å².